The number of carbonyl (C=O) groups excluding carboxylic acids is 3. The number of carbonyl (C=O) groups is 3. The Morgan fingerprint density at radius 3 is 2.39 bits per heavy atom. The molecule has 3 rings (SSSR count). The van der Waals surface area contributed by atoms with Crippen LogP contribution in [0.4, 0.5) is 0 Å². The standard InChI is InChI=1S/C13H15NO4/c1-14-11(17)13(8-5-9(15)18-13)10(16)12(14)6-3-2-4-7-12/h5,8H,2-4,6-7H2,1H3. The molecular formula is C13H15NO4. The topological polar surface area (TPSA) is 63.7 Å². The normalized spacial score (nSPS) is 33.8. The fourth-order valence-corrected chi connectivity index (χ4v) is 3.39. The van der Waals surface area contributed by atoms with Crippen LogP contribution in [0.15, 0.2) is 12.2 Å². The van der Waals surface area contributed by atoms with Gasteiger partial charge in [0.1, 0.15) is 5.54 Å². The quantitative estimate of drug-likeness (QED) is 0.465. The summed E-state index contributed by atoms with van der Waals surface area (Å²) in [5.41, 5.74) is -2.42. The van der Waals surface area contributed by atoms with Crippen molar-refractivity contribution in [1.82, 2.24) is 4.90 Å². The van der Waals surface area contributed by atoms with E-state index in [2.05, 4.69) is 0 Å². The van der Waals surface area contributed by atoms with Gasteiger partial charge >= 0.3 is 5.97 Å². The van der Waals surface area contributed by atoms with Crippen LogP contribution in [0.1, 0.15) is 32.1 Å². The number of ether oxygens (including phenoxy) is 1. The van der Waals surface area contributed by atoms with Crippen molar-refractivity contribution in [3.05, 3.63) is 12.2 Å². The van der Waals surface area contributed by atoms with Gasteiger partial charge in [-0.05, 0) is 18.9 Å². The summed E-state index contributed by atoms with van der Waals surface area (Å²) in [5.74, 6) is -1.28. The van der Waals surface area contributed by atoms with Crippen molar-refractivity contribution in [3.8, 4) is 0 Å². The van der Waals surface area contributed by atoms with Crippen LogP contribution < -0.4 is 0 Å². The maximum absolute atomic E-state index is 12.7. The van der Waals surface area contributed by atoms with Gasteiger partial charge in [-0.2, -0.15) is 0 Å². The molecule has 2 heterocycles. The van der Waals surface area contributed by atoms with Crippen LogP contribution in [0.2, 0.25) is 0 Å². The lowest BCUT2D eigenvalue weighted by Crippen LogP contribution is -2.50. The number of hydrogen-bond acceptors (Lipinski definition) is 4. The molecule has 2 fully saturated rings. The van der Waals surface area contributed by atoms with Crippen LogP contribution >= 0.6 is 0 Å². The molecule has 2 spiro atoms. The molecule has 1 saturated carbocycles. The zero-order chi connectivity index (χ0) is 13.0. The van der Waals surface area contributed by atoms with Gasteiger partial charge in [-0.25, -0.2) is 4.79 Å². The average Bonchev–Trinajstić information content (AvgIpc) is 2.84. The van der Waals surface area contributed by atoms with Gasteiger partial charge in [-0.1, -0.05) is 19.3 Å². The lowest BCUT2D eigenvalue weighted by Gasteiger charge is -2.37. The van der Waals surface area contributed by atoms with E-state index in [1.807, 2.05) is 0 Å². The number of nitrogens with zero attached hydrogens (tertiary/aromatic N) is 1. The third kappa shape index (κ3) is 1.14. The Morgan fingerprint density at radius 1 is 1.17 bits per heavy atom. The van der Waals surface area contributed by atoms with Gasteiger partial charge < -0.3 is 9.64 Å². The lowest BCUT2D eigenvalue weighted by molar-refractivity contribution is -0.159. The van der Waals surface area contributed by atoms with E-state index in [1.165, 1.54) is 17.1 Å². The van der Waals surface area contributed by atoms with Crippen LogP contribution in [0.5, 0.6) is 0 Å². The van der Waals surface area contributed by atoms with E-state index in [0.29, 0.717) is 12.8 Å². The first-order valence-electron chi connectivity index (χ1n) is 6.28. The monoisotopic (exact) mass is 249 g/mol. The molecule has 18 heavy (non-hydrogen) atoms. The van der Waals surface area contributed by atoms with Crippen LogP contribution in [0.25, 0.3) is 0 Å². The highest BCUT2D eigenvalue weighted by molar-refractivity contribution is 6.24. The Morgan fingerprint density at radius 2 is 1.83 bits per heavy atom. The molecule has 96 valence electrons. The highest BCUT2D eigenvalue weighted by Crippen LogP contribution is 2.45. The molecule has 0 aromatic rings. The maximum Gasteiger partial charge on any atom is 0.332 e. The summed E-state index contributed by atoms with van der Waals surface area (Å²) in [6.07, 6.45) is 6.77. The van der Waals surface area contributed by atoms with Crippen molar-refractivity contribution in [2.45, 2.75) is 43.2 Å². The second kappa shape index (κ2) is 3.43. The molecule has 1 aliphatic carbocycles. The predicted octanol–water partition coefficient (Wildman–Crippen LogP) is 0.582. The van der Waals surface area contributed by atoms with Crippen LogP contribution in [-0.2, 0) is 19.1 Å². The van der Waals surface area contributed by atoms with Crippen molar-refractivity contribution in [3.63, 3.8) is 0 Å². The van der Waals surface area contributed by atoms with Gasteiger partial charge in [0.25, 0.3) is 11.5 Å². The van der Waals surface area contributed by atoms with E-state index < -0.39 is 23.0 Å². The third-order valence-corrected chi connectivity index (χ3v) is 4.42. The molecular weight excluding hydrogens is 234 g/mol. The molecule has 5 heteroatoms. The Kier molecular flexibility index (Phi) is 2.18. The van der Waals surface area contributed by atoms with Crippen molar-refractivity contribution >= 4 is 17.7 Å². The lowest BCUT2D eigenvalue weighted by atomic mass is 9.76. The van der Waals surface area contributed by atoms with Gasteiger partial charge in [0.15, 0.2) is 0 Å². The van der Waals surface area contributed by atoms with E-state index in [1.54, 1.807) is 7.05 Å². The maximum atomic E-state index is 12.7. The number of esters is 1. The number of likely N-dealkylation sites (tertiary alicyclic amines) is 1. The molecule has 0 aromatic carbocycles. The Balaban J connectivity index is 2.06. The van der Waals surface area contributed by atoms with E-state index in [0.717, 1.165) is 19.3 Å². The Labute approximate surface area is 105 Å². The minimum Gasteiger partial charge on any atom is -0.433 e. The Bertz CT molecular complexity index is 475. The highest BCUT2D eigenvalue weighted by Gasteiger charge is 2.68. The van der Waals surface area contributed by atoms with Crippen molar-refractivity contribution < 1.29 is 19.1 Å². The molecule has 0 bridgehead atoms. The summed E-state index contributed by atoms with van der Waals surface area (Å²) < 4.78 is 5.04. The Hall–Kier alpha value is -1.65. The van der Waals surface area contributed by atoms with E-state index >= 15 is 0 Å². The third-order valence-electron chi connectivity index (χ3n) is 4.42. The minimum atomic E-state index is -1.66. The molecule has 5 nitrogen and oxygen atoms in total. The smallest absolute Gasteiger partial charge is 0.332 e. The summed E-state index contributed by atoms with van der Waals surface area (Å²) in [7, 11) is 1.64. The van der Waals surface area contributed by atoms with Gasteiger partial charge in [0.2, 0.25) is 5.78 Å². The summed E-state index contributed by atoms with van der Waals surface area (Å²) in [4.78, 5) is 37.8. The van der Waals surface area contributed by atoms with E-state index in [9.17, 15) is 14.4 Å². The van der Waals surface area contributed by atoms with Gasteiger partial charge in [0, 0.05) is 13.1 Å². The second-order valence-electron chi connectivity index (χ2n) is 5.28. The number of hydrogen-bond donors (Lipinski definition) is 0. The van der Waals surface area contributed by atoms with Crippen LogP contribution in [-0.4, -0.2) is 40.7 Å². The zero-order valence-electron chi connectivity index (χ0n) is 10.3. The summed E-state index contributed by atoms with van der Waals surface area (Å²) in [5, 5.41) is 0. The molecule has 3 aliphatic rings. The summed E-state index contributed by atoms with van der Waals surface area (Å²) in [6.45, 7) is 0. The van der Waals surface area contributed by atoms with Crippen LogP contribution in [0, 0.1) is 0 Å². The number of ketones is 1. The van der Waals surface area contributed by atoms with E-state index in [-0.39, 0.29) is 5.78 Å². The van der Waals surface area contributed by atoms with E-state index in [4.69, 9.17) is 4.74 Å². The first kappa shape index (κ1) is 11.4. The van der Waals surface area contributed by atoms with Crippen molar-refractivity contribution in [1.29, 1.82) is 0 Å². The molecule has 1 atom stereocenters. The first-order chi connectivity index (χ1) is 8.53. The number of amides is 1. The highest BCUT2D eigenvalue weighted by atomic mass is 16.6. The zero-order valence-corrected chi connectivity index (χ0v) is 10.3. The minimum absolute atomic E-state index is 0.260. The molecule has 2 aliphatic heterocycles. The number of Topliss-reactive ketones (excluding diaryl/α,β-unsaturated/α-hetero) is 1. The molecule has 0 N–H and O–H groups in total. The molecule has 1 saturated heterocycles. The van der Waals surface area contributed by atoms with Crippen molar-refractivity contribution in [2.75, 3.05) is 7.05 Å². The first-order valence-corrected chi connectivity index (χ1v) is 6.28. The number of rotatable bonds is 0. The SMILES string of the molecule is CN1C(=O)C2(C=CC(=O)O2)C(=O)C12CCCCC2. The van der Waals surface area contributed by atoms with Crippen LogP contribution in [0.3, 0.4) is 0 Å². The fraction of sp³-hybridized carbons (Fsp3) is 0.615. The van der Waals surface area contributed by atoms with Gasteiger partial charge in [-0.3, -0.25) is 9.59 Å². The van der Waals surface area contributed by atoms with Crippen molar-refractivity contribution in [2.24, 2.45) is 0 Å². The van der Waals surface area contributed by atoms with Gasteiger partial charge in [-0.15, -0.1) is 0 Å². The average molecular weight is 249 g/mol. The summed E-state index contributed by atoms with van der Waals surface area (Å²) in [6, 6.07) is 0. The second-order valence-corrected chi connectivity index (χ2v) is 5.28. The predicted molar refractivity (Wildman–Crippen MR) is 61.6 cm³/mol. The number of likely N-dealkylation sites (N-methyl/N-ethyl adjacent to an activating group) is 1. The largest absolute Gasteiger partial charge is 0.433 e. The fourth-order valence-electron chi connectivity index (χ4n) is 3.39. The molecule has 1 unspecified atom stereocenters. The van der Waals surface area contributed by atoms with Gasteiger partial charge in [0.05, 0.1) is 0 Å². The molecule has 0 radical (unpaired) electrons. The molecule has 1 amide bonds. The summed E-state index contributed by atoms with van der Waals surface area (Å²) >= 11 is 0. The molecule has 0 aromatic heterocycles.